The Morgan fingerprint density at radius 3 is 2.90 bits per heavy atom. The lowest BCUT2D eigenvalue weighted by Gasteiger charge is -2.47. The summed E-state index contributed by atoms with van der Waals surface area (Å²) in [5.74, 6) is 0.780. The smallest absolute Gasteiger partial charge is 0.258 e. The van der Waals surface area contributed by atoms with Crippen molar-refractivity contribution in [1.29, 1.82) is 0 Å². The third-order valence-electron chi connectivity index (χ3n) is 5.61. The van der Waals surface area contributed by atoms with Gasteiger partial charge in [0.25, 0.3) is 5.91 Å². The molecule has 1 N–H and O–H groups in total. The van der Waals surface area contributed by atoms with Gasteiger partial charge in [0.05, 0.1) is 11.7 Å². The lowest BCUT2D eigenvalue weighted by molar-refractivity contribution is 0.0242. The Kier molecular flexibility index (Phi) is 5.33. The van der Waals surface area contributed by atoms with E-state index in [0.29, 0.717) is 18.7 Å². The van der Waals surface area contributed by atoms with Crippen LogP contribution >= 0.6 is 0 Å². The van der Waals surface area contributed by atoms with Crippen LogP contribution in [0.2, 0.25) is 0 Å². The molecule has 2 aliphatic rings. The summed E-state index contributed by atoms with van der Waals surface area (Å²) in [5.41, 5.74) is 2.76. The fourth-order valence-electron chi connectivity index (χ4n) is 4.04. The van der Waals surface area contributed by atoms with Gasteiger partial charge >= 0.3 is 0 Å². The monoisotopic (exact) mass is 392 g/mol. The van der Waals surface area contributed by atoms with Crippen LogP contribution in [-0.2, 0) is 10.4 Å². The number of ether oxygens (including phenoxy) is 2. The van der Waals surface area contributed by atoms with Crippen molar-refractivity contribution in [2.45, 2.75) is 38.5 Å². The van der Waals surface area contributed by atoms with Gasteiger partial charge in [-0.1, -0.05) is 30.8 Å². The number of nitrogens with zero attached hydrogens (tertiary/aromatic N) is 1. The van der Waals surface area contributed by atoms with Crippen LogP contribution in [0.5, 0.6) is 5.75 Å². The zero-order valence-electron chi connectivity index (χ0n) is 17.1. The molecule has 2 heterocycles. The second kappa shape index (κ2) is 7.91. The van der Waals surface area contributed by atoms with E-state index in [2.05, 4.69) is 11.9 Å². The summed E-state index contributed by atoms with van der Waals surface area (Å²) in [4.78, 5) is 15.4. The summed E-state index contributed by atoms with van der Waals surface area (Å²) in [6.45, 7) is 9.66. The van der Waals surface area contributed by atoms with Gasteiger partial charge in [0, 0.05) is 24.4 Å². The van der Waals surface area contributed by atoms with Gasteiger partial charge in [0.2, 0.25) is 0 Å². The number of hydrogen-bond donors (Lipinski definition) is 1. The van der Waals surface area contributed by atoms with E-state index in [-0.39, 0.29) is 12.0 Å². The van der Waals surface area contributed by atoms with Crippen molar-refractivity contribution >= 4 is 11.6 Å². The third-order valence-corrected chi connectivity index (χ3v) is 5.61. The van der Waals surface area contributed by atoms with Gasteiger partial charge in [0.1, 0.15) is 18.0 Å². The molecular weight excluding hydrogens is 364 g/mol. The number of rotatable bonds is 6. The van der Waals surface area contributed by atoms with E-state index in [1.165, 1.54) is 0 Å². The Morgan fingerprint density at radius 1 is 1.31 bits per heavy atom. The van der Waals surface area contributed by atoms with Crippen LogP contribution < -0.4 is 10.1 Å². The largest absolute Gasteiger partial charge is 0.489 e. The fraction of sp³-hybridized carbons (Fsp3) is 0.375. The molecule has 2 aromatic rings. The van der Waals surface area contributed by atoms with Crippen molar-refractivity contribution < 1.29 is 14.3 Å². The second-order valence-electron chi connectivity index (χ2n) is 8.07. The molecule has 2 aliphatic heterocycles. The first-order valence-electron chi connectivity index (χ1n) is 10.2. The summed E-state index contributed by atoms with van der Waals surface area (Å²) < 4.78 is 11.7. The van der Waals surface area contributed by atoms with Crippen molar-refractivity contribution in [3.63, 3.8) is 0 Å². The number of para-hydroxylation sites is 1. The maximum Gasteiger partial charge on any atom is 0.258 e. The molecule has 152 valence electrons. The SMILES string of the molecule is C=C(C)COc1cccc(C2(C)Nc3ccccc3C(=O)N2CC2CCCO2)c1. The van der Waals surface area contributed by atoms with E-state index in [1.807, 2.05) is 67.3 Å². The van der Waals surface area contributed by atoms with Crippen LogP contribution in [0.1, 0.15) is 42.6 Å². The molecule has 29 heavy (non-hydrogen) atoms. The highest BCUT2D eigenvalue weighted by molar-refractivity contribution is 6.02. The Morgan fingerprint density at radius 2 is 2.14 bits per heavy atom. The van der Waals surface area contributed by atoms with Gasteiger partial charge in [-0.15, -0.1) is 0 Å². The normalized spacial score (nSPS) is 23.4. The first-order valence-corrected chi connectivity index (χ1v) is 10.2. The Balaban J connectivity index is 1.72. The summed E-state index contributed by atoms with van der Waals surface area (Å²) in [6, 6.07) is 15.6. The van der Waals surface area contributed by atoms with Crippen molar-refractivity contribution in [3.8, 4) is 5.75 Å². The zero-order chi connectivity index (χ0) is 20.4. The highest BCUT2D eigenvalue weighted by atomic mass is 16.5. The Bertz CT molecular complexity index is 920. The quantitative estimate of drug-likeness (QED) is 0.732. The molecule has 4 rings (SSSR count). The van der Waals surface area contributed by atoms with Crippen LogP contribution in [-0.4, -0.2) is 36.7 Å². The third kappa shape index (κ3) is 3.87. The summed E-state index contributed by atoms with van der Waals surface area (Å²) in [7, 11) is 0. The van der Waals surface area contributed by atoms with Crippen molar-refractivity contribution in [2.24, 2.45) is 0 Å². The summed E-state index contributed by atoms with van der Waals surface area (Å²) >= 11 is 0. The number of fused-ring (bicyclic) bond motifs is 1. The molecule has 0 aliphatic carbocycles. The fourth-order valence-corrected chi connectivity index (χ4v) is 4.04. The number of benzene rings is 2. The number of hydrogen-bond acceptors (Lipinski definition) is 4. The van der Waals surface area contributed by atoms with Gasteiger partial charge in [-0.2, -0.15) is 0 Å². The van der Waals surface area contributed by atoms with Crippen LogP contribution in [0, 0.1) is 0 Å². The molecular formula is C24H28N2O3. The highest BCUT2D eigenvalue weighted by Crippen LogP contribution is 2.39. The number of nitrogens with one attached hydrogen (secondary N) is 1. The minimum Gasteiger partial charge on any atom is -0.489 e. The average molecular weight is 392 g/mol. The van der Waals surface area contributed by atoms with Crippen LogP contribution in [0.25, 0.3) is 0 Å². The molecule has 5 nitrogen and oxygen atoms in total. The van der Waals surface area contributed by atoms with Crippen LogP contribution in [0.4, 0.5) is 5.69 Å². The maximum atomic E-state index is 13.5. The minimum atomic E-state index is -0.708. The predicted molar refractivity (Wildman–Crippen MR) is 114 cm³/mol. The van der Waals surface area contributed by atoms with Crippen molar-refractivity contribution in [2.75, 3.05) is 25.1 Å². The second-order valence-corrected chi connectivity index (χ2v) is 8.07. The number of anilines is 1. The molecule has 2 atom stereocenters. The van der Waals surface area contributed by atoms with E-state index < -0.39 is 5.66 Å². The van der Waals surface area contributed by atoms with Gasteiger partial charge in [-0.25, -0.2) is 0 Å². The maximum absolute atomic E-state index is 13.5. The zero-order valence-corrected chi connectivity index (χ0v) is 17.1. The van der Waals surface area contributed by atoms with Gasteiger partial charge in [-0.3, -0.25) is 4.79 Å². The molecule has 0 spiro atoms. The first-order chi connectivity index (χ1) is 14.0. The predicted octanol–water partition coefficient (Wildman–Crippen LogP) is 4.56. The topological polar surface area (TPSA) is 50.8 Å². The Labute approximate surface area is 172 Å². The molecule has 5 heteroatoms. The van der Waals surface area contributed by atoms with Gasteiger partial charge in [0.15, 0.2) is 0 Å². The molecule has 1 saturated heterocycles. The van der Waals surface area contributed by atoms with Crippen LogP contribution in [0.3, 0.4) is 0 Å². The van der Waals surface area contributed by atoms with Gasteiger partial charge < -0.3 is 19.7 Å². The molecule has 2 unspecified atom stereocenters. The van der Waals surface area contributed by atoms with E-state index in [4.69, 9.17) is 9.47 Å². The number of amides is 1. The van der Waals surface area contributed by atoms with Gasteiger partial charge in [-0.05, 0) is 56.5 Å². The van der Waals surface area contributed by atoms with Crippen LogP contribution in [0.15, 0.2) is 60.7 Å². The minimum absolute atomic E-state index is 0.0191. The first kappa shape index (κ1) is 19.5. The van der Waals surface area contributed by atoms with Crippen molar-refractivity contribution in [3.05, 3.63) is 71.8 Å². The van der Waals surface area contributed by atoms with E-state index >= 15 is 0 Å². The van der Waals surface area contributed by atoms with E-state index in [9.17, 15) is 4.79 Å². The standard InChI is InChI=1S/C24H28N2O3/c1-17(2)16-29-19-9-6-8-18(14-19)24(3)25-22-12-5-4-11-21(22)23(27)26(24)15-20-10-7-13-28-20/h4-6,8-9,11-12,14,20,25H,1,7,10,13,15-16H2,2-3H3. The summed E-state index contributed by atoms with van der Waals surface area (Å²) in [6.07, 6.45) is 2.08. The molecule has 2 aromatic carbocycles. The molecule has 0 radical (unpaired) electrons. The van der Waals surface area contributed by atoms with E-state index in [0.717, 1.165) is 42.0 Å². The summed E-state index contributed by atoms with van der Waals surface area (Å²) in [5, 5.41) is 3.61. The number of carbonyl (C=O) groups is 1. The molecule has 0 bridgehead atoms. The molecule has 1 fully saturated rings. The lowest BCUT2D eigenvalue weighted by Crippen LogP contribution is -2.57. The molecule has 0 saturated carbocycles. The number of carbonyl (C=O) groups excluding carboxylic acids is 1. The van der Waals surface area contributed by atoms with E-state index in [1.54, 1.807) is 0 Å². The van der Waals surface area contributed by atoms with Crippen molar-refractivity contribution in [1.82, 2.24) is 4.90 Å². The average Bonchev–Trinajstić information content (AvgIpc) is 3.23. The highest BCUT2D eigenvalue weighted by Gasteiger charge is 2.43. The molecule has 0 aromatic heterocycles. The molecule has 1 amide bonds. The lowest BCUT2D eigenvalue weighted by atomic mass is 9.92. The Hall–Kier alpha value is -2.79.